The third-order valence-corrected chi connectivity index (χ3v) is 17.3. The molecule has 2 unspecified atom stereocenters. The molecule has 18 rings (SSSR count). The van der Waals surface area contributed by atoms with Crippen LogP contribution in [0.1, 0.15) is 111 Å². The number of fused-ring (bicyclic) bond motifs is 4. The summed E-state index contributed by atoms with van der Waals surface area (Å²) in [5.41, 5.74) is 26.3. The predicted molar refractivity (Wildman–Crippen MR) is 312 cm³/mol. The van der Waals surface area contributed by atoms with E-state index in [0.717, 1.165) is 45.0 Å². The van der Waals surface area contributed by atoms with Gasteiger partial charge in [-0.3, -0.25) is 4.57 Å². The lowest BCUT2D eigenvalue weighted by Crippen LogP contribution is -2.37. The number of nitrogens with zero attached hydrogens (tertiary/aromatic N) is 4. The van der Waals surface area contributed by atoms with E-state index in [1.807, 2.05) is 6.20 Å². The summed E-state index contributed by atoms with van der Waals surface area (Å²) in [6, 6.07) is 74.9. The summed E-state index contributed by atoms with van der Waals surface area (Å²) in [5, 5.41) is 2.34. The number of ether oxygens (including phenoxy) is 1. The third-order valence-electron chi connectivity index (χ3n) is 17.3. The van der Waals surface area contributed by atoms with E-state index >= 15 is 0 Å². The van der Waals surface area contributed by atoms with Crippen LogP contribution in [0.25, 0.3) is 38.8 Å². The van der Waals surface area contributed by atoms with Gasteiger partial charge in [0.25, 0.3) is 0 Å². The molecular weight excluding hydrogens is 925 g/mol. The molecule has 3 heterocycles. The van der Waals surface area contributed by atoms with E-state index in [4.69, 9.17) is 9.72 Å². The van der Waals surface area contributed by atoms with Crippen LogP contribution in [-0.4, -0.2) is 16.2 Å². The van der Waals surface area contributed by atoms with Gasteiger partial charge < -0.3 is 14.5 Å². The molecule has 0 spiro atoms. The summed E-state index contributed by atoms with van der Waals surface area (Å²) in [7, 11) is 0. The van der Waals surface area contributed by atoms with Gasteiger partial charge >= 0.3 is 0 Å². The Balaban J connectivity index is 0.797. The van der Waals surface area contributed by atoms with Crippen molar-refractivity contribution < 1.29 is 4.74 Å². The summed E-state index contributed by atoms with van der Waals surface area (Å²) in [4.78, 5) is 10.2. The maximum absolute atomic E-state index is 6.91. The Morgan fingerprint density at radius 2 is 1.08 bits per heavy atom. The van der Waals surface area contributed by atoms with Crippen molar-refractivity contribution in [3.63, 3.8) is 0 Å². The van der Waals surface area contributed by atoms with Gasteiger partial charge in [-0.05, 0) is 148 Å². The lowest BCUT2D eigenvalue weighted by atomic mass is 9.52. The first-order valence-corrected chi connectivity index (χ1v) is 27.0. The van der Waals surface area contributed by atoms with Crippen LogP contribution < -0.4 is 14.5 Å². The number of aryl methyl sites for hydroxylation is 3. The molecule has 2 atom stereocenters. The summed E-state index contributed by atoms with van der Waals surface area (Å²) in [5.74, 6) is 3.13. The molecule has 1 aliphatic heterocycles. The van der Waals surface area contributed by atoms with Gasteiger partial charge in [0.2, 0.25) is 0 Å². The molecule has 0 saturated carbocycles. The molecule has 9 aromatic carbocycles. The zero-order chi connectivity index (χ0) is 51.1. The summed E-state index contributed by atoms with van der Waals surface area (Å²) in [6.45, 7) is 14.2. The average Bonchev–Trinajstić information content (AvgIpc) is 4.05. The van der Waals surface area contributed by atoms with Crippen LogP contribution >= 0.6 is 0 Å². The van der Waals surface area contributed by atoms with Crippen LogP contribution in [0.4, 0.5) is 22.7 Å². The fourth-order valence-corrected chi connectivity index (χ4v) is 14.0. The second-order valence-electron chi connectivity index (χ2n) is 22.9. The van der Waals surface area contributed by atoms with Gasteiger partial charge in [0.05, 0.1) is 22.4 Å². The van der Waals surface area contributed by atoms with Crippen molar-refractivity contribution in [2.75, 3.05) is 16.5 Å². The molecule has 5 nitrogen and oxygen atoms in total. The molecule has 7 aliphatic rings. The lowest BCUT2D eigenvalue weighted by molar-refractivity contribution is 0.483. The summed E-state index contributed by atoms with van der Waals surface area (Å²) in [6.07, 6.45) is 2.03. The van der Waals surface area contributed by atoms with E-state index in [2.05, 4.69) is 256 Å². The molecule has 0 radical (unpaired) electrons. The molecule has 4 bridgehead atoms. The average molecular weight is 983 g/mol. The molecule has 0 amide bonds. The van der Waals surface area contributed by atoms with Gasteiger partial charge in [-0.15, -0.1) is 0 Å². The number of hydrogen-bond acceptors (Lipinski definition) is 4. The van der Waals surface area contributed by atoms with Crippen LogP contribution in [0.2, 0.25) is 0 Å². The zero-order valence-corrected chi connectivity index (χ0v) is 43.8. The Hall–Kier alpha value is -8.67. The SMILES string of the molecule is Cc1ccc2c(c1)C1c3c(cc(C)cc3N3CN(c4cccc(Oc5ccc6c7ccccc7n(-c7cc(C)c(-c8ccc(C(C)(C)C)cc8)cn7)c6c5)c4)c4ccccc43)C2C2c3ccccc3C1c1ccccc12. The highest BCUT2D eigenvalue weighted by Gasteiger charge is 2.51. The predicted octanol–water partition coefficient (Wildman–Crippen LogP) is 18.0. The molecule has 2 aromatic heterocycles. The second kappa shape index (κ2) is 16.7. The van der Waals surface area contributed by atoms with Gasteiger partial charge in [-0.2, -0.15) is 0 Å². The molecule has 0 fully saturated rings. The minimum Gasteiger partial charge on any atom is -0.457 e. The first kappa shape index (κ1) is 44.8. The Morgan fingerprint density at radius 3 is 1.80 bits per heavy atom. The van der Waals surface area contributed by atoms with Gasteiger partial charge in [0.15, 0.2) is 0 Å². The van der Waals surface area contributed by atoms with Crippen LogP contribution in [0.5, 0.6) is 11.5 Å². The van der Waals surface area contributed by atoms with Crippen LogP contribution in [-0.2, 0) is 5.41 Å². The van der Waals surface area contributed by atoms with Crippen LogP contribution in [0, 0.1) is 20.8 Å². The van der Waals surface area contributed by atoms with Crippen LogP contribution in [0.15, 0.2) is 206 Å². The number of hydrogen-bond donors (Lipinski definition) is 0. The third kappa shape index (κ3) is 6.74. The fraction of sp³-hybridized carbons (Fsp3) is 0.169. The number of para-hydroxylation sites is 3. The summed E-state index contributed by atoms with van der Waals surface area (Å²) >= 11 is 0. The fourth-order valence-electron chi connectivity index (χ4n) is 14.0. The second-order valence-corrected chi connectivity index (χ2v) is 22.9. The van der Waals surface area contributed by atoms with Gasteiger partial charge in [-0.1, -0.05) is 160 Å². The highest BCUT2D eigenvalue weighted by molar-refractivity contribution is 6.09. The molecule has 76 heavy (non-hydrogen) atoms. The molecule has 0 saturated heterocycles. The van der Waals surface area contributed by atoms with Crippen LogP contribution in [0.3, 0.4) is 0 Å². The Labute approximate surface area is 445 Å². The minimum atomic E-state index is 0.0962. The zero-order valence-electron chi connectivity index (χ0n) is 43.8. The topological polar surface area (TPSA) is 33.5 Å². The molecule has 368 valence electrons. The van der Waals surface area contributed by atoms with E-state index in [1.54, 1.807) is 0 Å². The highest BCUT2D eigenvalue weighted by Crippen LogP contribution is 2.66. The number of anilines is 4. The molecule has 6 aliphatic carbocycles. The van der Waals surface area contributed by atoms with E-state index in [9.17, 15) is 0 Å². The van der Waals surface area contributed by atoms with E-state index in [0.29, 0.717) is 6.67 Å². The minimum absolute atomic E-state index is 0.0962. The van der Waals surface area contributed by atoms with Crippen molar-refractivity contribution in [2.24, 2.45) is 0 Å². The monoisotopic (exact) mass is 982 g/mol. The molecular formula is C71H58N4O. The van der Waals surface area contributed by atoms with Crippen molar-refractivity contribution in [2.45, 2.75) is 70.6 Å². The standard InChI is InChI=1S/C71H58N4O/c1-42-26-32-56-57(34-42)70-67-54-21-9-7-19-52(54)66(53-20-8-10-22-55(53)67)68(56)58-35-43(2)36-64(69(58)70)74-41-73(61-24-13-14-25-62(61)74)47-16-15-17-48(38-47)76-49-31-33-51-50-18-11-12-23-60(50)75(63(51)39-49)65-37-44(3)59(40-72-65)45-27-29-46(30-28-45)71(4,5)6/h7-40,66-68,70H,41H2,1-6H3. The molecule has 0 N–H and O–H groups in total. The first-order chi connectivity index (χ1) is 37.1. The number of pyridine rings is 1. The highest BCUT2D eigenvalue weighted by atomic mass is 16.5. The Bertz CT molecular complexity index is 4150. The largest absolute Gasteiger partial charge is 0.457 e. The lowest BCUT2D eigenvalue weighted by Gasteiger charge is -2.51. The maximum atomic E-state index is 6.91. The number of rotatable bonds is 6. The number of aromatic nitrogens is 2. The van der Waals surface area contributed by atoms with Crippen molar-refractivity contribution in [3.05, 3.63) is 273 Å². The normalized spacial score (nSPS) is 17.8. The molecule has 5 heteroatoms. The van der Waals surface area contributed by atoms with Crippen molar-refractivity contribution in [1.82, 2.24) is 9.55 Å². The quantitative estimate of drug-likeness (QED) is 0.166. The Morgan fingerprint density at radius 1 is 0.461 bits per heavy atom. The van der Waals surface area contributed by atoms with Gasteiger partial charge in [0, 0.05) is 69.7 Å². The van der Waals surface area contributed by atoms with E-state index < -0.39 is 0 Å². The first-order valence-electron chi connectivity index (χ1n) is 27.0. The van der Waals surface area contributed by atoms with Gasteiger partial charge in [-0.25, -0.2) is 4.98 Å². The van der Waals surface area contributed by atoms with Crippen molar-refractivity contribution in [1.29, 1.82) is 0 Å². The molecule has 11 aromatic rings. The smallest absolute Gasteiger partial charge is 0.137 e. The van der Waals surface area contributed by atoms with Crippen molar-refractivity contribution in [3.8, 4) is 28.4 Å². The number of benzene rings is 9. The Kier molecular flexibility index (Phi) is 9.82. The van der Waals surface area contributed by atoms with E-state index in [-0.39, 0.29) is 29.1 Å². The maximum Gasteiger partial charge on any atom is 0.137 e. The van der Waals surface area contributed by atoms with Gasteiger partial charge in [0.1, 0.15) is 24.0 Å². The summed E-state index contributed by atoms with van der Waals surface area (Å²) < 4.78 is 9.19. The van der Waals surface area contributed by atoms with Crippen molar-refractivity contribution >= 4 is 44.6 Å². The van der Waals surface area contributed by atoms with E-state index in [1.165, 1.54) is 94.8 Å².